The van der Waals surface area contributed by atoms with Crippen LogP contribution in [-0.4, -0.2) is 24.5 Å². The first-order valence-electron chi connectivity index (χ1n) is 6.42. The summed E-state index contributed by atoms with van der Waals surface area (Å²) in [6, 6.07) is 8.79. The Labute approximate surface area is 117 Å². The molecule has 5 nitrogen and oxygen atoms in total. The first-order chi connectivity index (χ1) is 9.63. The number of furan rings is 1. The molecule has 2 rings (SSSR count). The number of ether oxygens (including phenoxy) is 1. The van der Waals surface area contributed by atoms with Crippen LogP contribution in [0.25, 0.3) is 0 Å². The molecular weight excluding hydrogens is 256 g/mol. The van der Waals surface area contributed by atoms with Crippen molar-refractivity contribution < 1.29 is 13.9 Å². The number of hydrogen-bond donors (Lipinski definition) is 1. The van der Waals surface area contributed by atoms with E-state index in [1.54, 1.807) is 42.5 Å². The lowest BCUT2D eigenvalue weighted by molar-refractivity contribution is 0.0771. The smallest absolute Gasteiger partial charge is 0.257 e. The minimum absolute atomic E-state index is 0.155. The average molecular weight is 274 g/mol. The van der Waals surface area contributed by atoms with Crippen LogP contribution in [0.1, 0.15) is 23.0 Å². The Hall–Kier alpha value is -2.43. The topological polar surface area (TPSA) is 68.7 Å². The molecule has 106 valence electrons. The molecule has 0 unspecified atom stereocenters. The summed E-state index contributed by atoms with van der Waals surface area (Å²) < 4.78 is 10.7. The molecule has 5 heteroatoms. The van der Waals surface area contributed by atoms with Crippen LogP contribution < -0.4 is 10.5 Å². The van der Waals surface area contributed by atoms with Gasteiger partial charge >= 0.3 is 0 Å². The number of carbonyl (C=O) groups is 1. The van der Waals surface area contributed by atoms with Crippen molar-refractivity contribution in [3.63, 3.8) is 0 Å². The van der Waals surface area contributed by atoms with Crippen LogP contribution in [-0.2, 0) is 6.54 Å². The van der Waals surface area contributed by atoms with E-state index in [-0.39, 0.29) is 5.91 Å². The largest absolute Gasteiger partial charge is 0.491 e. The Morgan fingerprint density at radius 2 is 2.15 bits per heavy atom. The summed E-state index contributed by atoms with van der Waals surface area (Å²) in [5, 5.41) is 0. The lowest BCUT2D eigenvalue weighted by atomic mass is 10.1. The van der Waals surface area contributed by atoms with E-state index in [1.165, 1.54) is 0 Å². The highest BCUT2D eigenvalue weighted by Crippen LogP contribution is 2.27. The molecule has 0 aliphatic carbocycles. The fourth-order valence-electron chi connectivity index (χ4n) is 1.94. The average Bonchev–Trinajstić information content (AvgIpc) is 2.93. The summed E-state index contributed by atoms with van der Waals surface area (Å²) in [5.41, 5.74) is 6.79. The lowest BCUT2D eigenvalue weighted by Crippen LogP contribution is -2.26. The minimum Gasteiger partial charge on any atom is -0.491 e. The first-order valence-corrected chi connectivity index (χ1v) is 6.42. The van der Waals surface area contributed by atoms with E-state index in [2.05, 4.69) is 0 Å². The molecule has 1 aromatic heterocycles. The number of nitrogens with zero attached hydrogens (tertiary/aromatic N) is 1. The minimum atomic E-state index is -0.155. The second-order valence-electron chi connectivity index (χ2n) is 4.40. The number of nitrogen functional groups attached to an aromatic ring is 1. The zero-order valence-corrected chi connectivity index (χ0v) is 11.6. The molecule has 0 aliphatic rings. The van der Waals surface area contributed by atoms with Crippen LogP contribution in [0.4, 0.5) is 5.69 Å². The summed E-state index contributed by atoms with van der Waals surface area (Å²) in [4.78, 5) is 14.0. The van der Waals surface area contributed by atoms with Crippen molar-refractivity contribution in [2.45, 2.75) is 13.5 Å². The van der Waals surface area contributed by atoms with Crippen LogP contribution >= 0.6 is 0 Å². The highest BCUT2D eigenvalue weighted by atomic mass is 16.5. The highest BCUT2D eigenvalue weighted by molar-refractivity contribution is 5.98. The summed E-state index contributed by atoms with van der Waals surface area (Å²) in [7, 11) is 1.71. The zero-order valence-electron chi connectivity index (χ0n) is 11.6. The molecule has 0 saturated heterocycles. The van der Waals surface area contributed by atoms with Crippen LogP contribution in [0.2, 0.25) is 0 Å². The van der Waals surface area contributed by atoms with Crippen molar-refractivity contribution in [2.75, 3.05) is 19.4 Å². The van der Waals surface area contributed by atoms with Crippen LogP contribution in [0, 0.1) is 0 Å². The summed E-state index contributed by atoms with van der Waals surface area (Å²) in [6.07, 6.45) is 1.58. The molecule has 20 heavy (non-hydrogen) atoms. The predicted molar refractivity (Wildman–Crippen MR) is 76.5 cm³/mol. The highest BCUT2D eigenvalue weighted by Gasteiger charge is 2.19. The molecule has 0 spiro atoms. The van der Waals surface area contributed by atoms with Gasteiger partial charge in [0.1, 0.15) is 5.76 Å². The number of anilines is 1. The maximum absolute atomic E-state index is 12.5. The van der Waals surface area contributed by atoms with Crippen LogP contribution in [0.3, 0.4) is 0 Å². The van der Waals surface area contributed by atoms with Gasteiger partial charge in [0.2, 0.25) is 0 Å². The second kappa shape index (κ2) is 6.14. The SMILES string of the molecule is CCOc1c(N)cccc1C(=O)N(C)Cc1ccco1. The van der Waals surface area contributed by atoms with E-state index in [9.17, 15) is 4.79 Å². The quantitative estimate of drug-likeness (QED) is 0.851. The Morgan fingerprint density at radius 3 is 2.80 bits per heavy atom. The Bertz CT molecular complexity index is 579. The summed E-state index contributed by atoms with van der Waals surface area (Å²) in [6.45, 7) is 2.70. The van der Waals surface area contributed by atoms with Gasteiger partial charge in [0, 0.05) is 7.05 Å². The standard InChI is InChI=1S/C15H18N2O3/c1-3-19-14-12(7-4-8-13(14)16)15(18)17(2)10-11-6-5-9-20-11/h4-9H,3,10,16H2,1-2H3. The van der Waals surface area contributed by atoms with E-state index < -0.39 is 0 Å². The first kappa shape index (κ1) is 14.0. The molecule has 1 heterocycles. The van der Waals surface area contributed by atoms with Crippen molar-refractivity contribution in [2.24, 2.45) is 0 Å². The third-order valence-corrected chi connectivity index (χ3v) is 2.88. The Morgan fingerprint density at radius 1 is 1.35 bits per heavy atom. The van der Waals surface area contributed by atoms with E-state index in [0.717, 1.165) is 5.76 Å². The van der Waals surface area contributed by atoms with Crippen molar-refractivity contribution in [1.82, 2.24) is 4.90 Å². The van der Waals surface area contributed by atoms with Crippen LogP contribution in [0.5, 0.6) is 5.75 Å². The fraction of sp³-hybridized carbons (Fsp3) is 0.267. The van der Waals surface area contributed by atoms with Crippen molar-refractivity contribution in [3.05, 3.63) is 47.9 Å². The van der Waals surface area contributed by atoms with Gasteiger partial charge in [0.05, 0.1) is 30.7 Å². The number of amides is 1. The Kier molecular flexibility index (Phi) is 4.30. The van der Waals surface area contributed by atoms with Gasteiger partial charge < -0.3 is 19.8 Å². The van der Waals surface area contributed by atoms with Gasteiger partial charge in [0.15, 0.2) is 5.75 Å². The summed E-state index contributed by atoms with van der Waals surface area (Å²) >= 11 is 0. The third-order valence-electron chi connectivity index (χ3n) is 2.88. The number of rotatable bonds is 5. The number of para-hydroxylation sites is 1. The molecule has 0 atom stereocenters. The molecule has 0 radical (unpaired) electrons. The molecule has 0 aliphatic heterocycles. The van der Waals surface area contributed by atoms with Gasteiger partial charge in [-0.2, -0.15) is 0 Å². The second-order valence-corrected chi connectivity index (χ2v) is 4.40. The number of hydrogen-bond acceptors (Lipinski definition) is 4. The molecule has 2 N–H and O–H groups in total. The fourth-order valence-corrected chi connectivity index (χ4v) is 1.94. The Balaban J connectivity index is 2.22. The van der Waals surface area contributed by atoms with Gasteiger partial charge in [-0.05, 0) is 31.2 Å². The number of benzene rings is 1. The molecule has 1 aromatic carbocycles. The maximum atomic E-state index is 12.5. The van der Waals surface area contributed by atoms with Gasteiger partial charge in [-0.25, -0.2) is 0 Å². The van der Waals surface area contributed by atoms with Gasteiger partial charge in [-0.1, -0.05) is 6.07 Å². The third kappa shape index (κ3) is 2.93. The van der Waals surface area contributed by atoms with Gasteiger partial charge in [-0.15, -0.1) is 0 Å². The number of carbonyl (C=O) groups excluding carboxylic acids is 1. The molecule has 0 bridgehead atoms. The molecule has 1 amide bonds. The van der Waals surface area contributed by atoms with Crippen molar-refractivity contribution in [1.29, 1.82) is 0 Å². The van der Waals surface area contributed by atoms with E-state index in [1.807, 2.05) is 13.0 Å². The van der Waals surface area contributed by atoms with Crippen molar-refractivity contribution in [3.8, 4) is 5.75 Å². The van der Waals surface area contributed by atoms with E-state index in [4.69, 9.17) is 14.9 Å². The number of nitrogens with two attached hydrogens (primary N) is 1. The normalized spacial score (nSPS) is 10.3. The van der Waals surface area contributed by atoms with Crippen LogP contribution in [0.15, 0.2) is 41.0 Å². The van der Waals surface area contributed by atoms with Gasteiger partial charge in [-0.3, -0.25) is 4.79 Å². The van der Waals surface area contributed by atoms with E-state index in [0.29, 0.717) is 30.2 Å². The monoisotopic (exact) mass is 274 g/mol. The zero-order chi connectivity index (χ0) is 14.5. The summed E-state index contributed by atoms with van der Waals surface area (Å²) in [5.74, 6) is 1.01. The predicted octanol–water partition coefficient (Wildman–Crippen LogP) is 2.53. The van der Waals surface area contributed by atoms with Gasteiger partial charge in [0.25, 0.3) is 5.91 Å². The molecule has 2 aromatic rings. The van der Waals surface area contributed by atoms with Crippen molar-refractivity contribution >= 4 is 11.6 Å². The molecular formula is C15H18N2O3. The molecule has 0 fully saturated rings. The lowest BCUT2D eigenvalue weighted by Gasteiger charge is -2.18. The molecule has 0 saturated carbocycles. The maximum Gasteiger partial charge on any atom is 0.257 e. The van der Waals surface area contributed by atoms with E-state index >= 15 is 0 Å².